The average molecular weight is 356 g/mol. The van der Waals surface area contributed by atoms with Crippen molar-refractivity contribution in [3.63, 3.8) is 0 Å². The summed E-state index contributed by atoms with van der Waals surface area (Å²) in [6.07, 6.45) is -5.73. The first-order chi connectivity index (χ1) is 11.6. The van der Waals surface area contributed by atoms with Gasteiger partial charge in [-0.15, -0.1) is 0 Å². The Morgan fingerprint density at radius 2 is 1.88 bits per heavy atom. The number of benzene rings is 2. The fraction of sp³-hybridized carbons (Fsp3) is 0.235. The molecular formula is C17H16F4N2O2. The highest BCUT2D eigenvalue weighted by molar-refractivity contribution is 5.71. The summed E-state index contributed by atoms with van der Waals surface area (Å²) >= 11 is 0. The van der Waals surface area contributed by atoms with Crippen molar-refractivity contribution in [3.05, 3.63) is 58.4 Å². The molecule has 134 valence electrons. The van der Waals surface area contributed by atoms with Crippen molar-refractivity contribution in [1.82, 2.24) is 5.32 Å². The van der Waals surface area contributed by atoms with Crippen LogP contribution >= 0.6 is 0 Å². The zero-order valence-corrected chi connectivity index (χ0v) is 13.5. The molecule has 0 aromatic heterocycles. The number of carbonyl (C=O) groups is 1. The molecule has 0 aliphatic heterocycles. The lowest BCUT2D eigenvalue weighted by molar-refractivity contribution is -0.138. The maximum Gasteiger partial charge on any atom is 0.416 e. The van der Waals surface area contributed by atoms with Crippen LogP contribution in [-0.4, -0.2) is 6.09 Å². The summed E-state index contributed by atoms with van der Waals surface area (Å²) in [6, 6.07) is 5.75. The standard InChI is InChI=1S/C17H16F4N2O2/c1-9-7-15(10(2)6-14(9)22)25-16(24)23-8-11-12(17(19,20)21)4-3-5-13(11)18/h3-7H,8,22H2,1-2H3,(H,23,24). The summed E-state index contributed by atoms with van der Waals surface area (Å²) in [5.74, 6) is -0.844. The number of hydrogen-bond acceptors (Lipinski definition) is 3. The monoisotopic (exact) mass is 356 g/mol. The van der Waals surface area contributed by atoms with Crippen LogP contribution in [0.5, 0.6) is 5.75 Å². The molecule has 4 nitrogen and oxygen atoms in total. The quantitative estimate of drug-likeness (QED) is 0.635. The third kappa shape index (κ3) is 4.40. The fourth-order valence-corrected chi connectivity index (χ4v) is 2.22. The number of nitrogens with one attached hydrogen (secondary N) is 1. The van der Waals surface area contributed by atoms with Crippen molar-refractivity contribution in [2.45, 2.75) is 26.6 Å². The van der Waals surface area contributed by atoms with Crippen LogP contribution in [-0.2, 0) is 12.7 Å². The average Bonchev–Trinajstić information content (AvgIpc) is 2.50. The SMILES string of the molecule is Cc1cc(OC(=O)NCc2c(F)cccc2C(F)(F)F)c(C)cc1N. The number of nitrogen functional groups attached to an aromatic ring is 1. The second-order valence-electron chi connectivity index (χ2n) is 5.48. The lowest BCUT2D eigenvalue weighted by Gasteiger charge is -2.15. The van der Waals surface area contributed by atoms with E-state index in [2.05, 4.69) is 5.32 Å². The van der Waals surface area contributed by atoms with E-state index in [1.165, 1.54) is 6.07 Å². The van der Waals surface area contributed by atoms with Gasteiger partial charge in [-0.3, -0.25) is 0 Å². The highest BCUT2D eigenvalue weighted by Crippen LogP contribution is 2.33. The minimum atomic E-state index is -4.73. The Morgan fingerprint density at radius 3 is 2.52 bits per heavy atom. The summed E-state index contributed by atoms with van der Waals surface area (Å²) < 4.78 is 57.5. The number of rotatable bonds is 3. The van der Waals surface area contributed by atoms with Crippen molar-refractivity contribution in [3.8, 4) is 5.75 Å². The molecule has 0 saturated heterocycles. The van der Waals surface area contributed by atoms with Crippen molar-refractivity contribution >= 4 is 11.8 Å². The van der Waals surface area contributed by atoms with Crippen LogP contribution in [0.4, 0.5) is 28.0 Å². The normalized spacial score (nSPS) is 11.3. The largest absolute Gasteiger partial charge is 0.416 e. The van der Waals surface area contributed by atoms with E-state index in [4.69, 9.17) is 10.5 Å². The smallest absolute Gasteiger partial charge is 0.410 e. The molecule has 0 unspecified atom stereocenters. The molecule has 0 saturated carbocycles. The Morgan fingerprint density at radius 1 is 1.20 bits per heavy atom. The van der Waals surface area contributed by atoms with Gasteiger partial charge in [0.15, 0.2) is 0 Å². The summed E-state index contributed by atoms with van der Waals surface area (Å²) in [5.41, 5.74) is 5.71. The van der Waals surface area contributed by atoms with E-state index in [0.29, 0.717) is 16.8 Å². The van der Waals surface area contributed by atoms with Gasteiger partial charge < -0.3 is 15.8 Å². The van der Waals surface area contributed by atoms with Crippen molar-refractivity contribution < 1.29 is 27.1 Å². The van der Waals surface area contributed by atoms with Crippen LogP contribution < -0.4 is 15.8 Å². The van der Waals surface area contributed by atoms with Crippen LogP contribution in [0.15, 0.2) is 30.3 Å². The fourth-order valence-electron chi connectivity index (χ4n) is 2.22. The van der Waals surface area contributed by atoms with E-state index in [0.717, 1.165) is 18.2 Å². The summed E-state index contributed by atoms with van der Waals surface area (Å²) in [5, 5.41) is 2.13. The molecule has 8 heteroatoms. The van der Waals surface area contributed by atoms with Crippen molar-refractivity contribution in [1.29, 1.82) is 0 Å². The molecule has 0 radical (unpaired) electrons. The van der Waals surface area contributed by atoms with Crippen molar-refractivity contribution in [2.24, 2.45) is 0 Å². The molecule has 0 bridgehead atoms. The number of aryl methyl sites for hydroxylation is 2. The number of alkyl halides is 3. The first-order valence-corrected chi connectivity index (χ1v) is 7.26. The van der Waals surface area contributed by atoms with Gasteiger partial charge in [0.2, 0.25) is 0 Å². The van der Waals surface area contributed by atoms with E-state index in [1.807, 2.05) is 0 Å². The van der Waals surface area contributed by atoms with Gasteiger partial charge in [0.25, 0.3) is 0 Å². The second kappa shape index (κ2) is 7.00. The minimum absolute atomic E-state index is 0.216. The lowest BCUT2D eigenvalue weighted by Crippen LogP contribution is -2.28. The van der Waals surface area contributed by atoms with Crippen LogP contribution in [0.3, 0.4) is 0 Å². The van der Waals surface area contributed by atoms with Gasteiger partial charge in [0.1, 0.15) is 11.6 Å². The summed E-state index contributed by atoms with van der Waals surface area (Å²) in [6.45, 7) is 2.72. The number of ether oxygens (including phenoxy) is 1. The number of hydrogen-bond donors (Lipinski definition) is 2. The Kier molecular flexibility index (Phi) is 5.20. The molecule has 1 amide bonds. The molecule has 0 aliphatic rings. The maximum absolute atomic E-state index is 13.7. The van der Waals surface area contributed by atoms with Gasteiger partial charge in [0, 0.05) is 17.8 Å². The topological polar surface area (TPSA) is 64.3 Å². The van der Waals surface area contributed by atoms with Gasteiger partial charge in [0.05, 0.1) is 5.56 Å². The van der Waals surface area contributed by atoms with Crippen LogP contribution in [0, 0.1) is 19.7 Å². The summed E-state index contributed by atoms with van der Waals surface area (Å²) in [7, 11) is 0. The second-order valence-corrected chi connectivity index (χ2v) is 5.48. The predicted octanol–water partition coefficient (Wildman–Crippen LogP) is 4.33. The lowest BCUT2D eigenvalue weighted by atomic mass is 10.1. The molecule has 0 atom stereocenters. The molecule has 0 aliphatic carbocycles. The molecule has 0 spiro atoms. The van der Waals surface area contributed by atoms with Gasteiger partial charge in [-0.2, -0.15) is 13.2 Å². The molecule has 2 rings (SSSR count). The zero-order chi connectivity index (χ0) is 18.8. The van der Waals surface area contributed by atoms with Gasteiger partial charge in [-0.1, -0.05) is 6.07 Å². The third-order valence-electron chi connectivity index (χ3n) is 3.60. The van der Waals surface area contributed by atoms with Crippen LogP contribution in [0.1, 0.15) is 22.3 Å². The van der Waals surface area contributed by atoms with E-state index in [-0.39, 0.29) is 5.75 Å². The predicted molar refractivity (Wildman–Crippen MR) is 84.6 cm³/mol. The van der Waals surface area contributed by atoms with E-state index in [1.54, 1.807) is 19.9 Å². The molecule has 25 heavy (non-hydrogen) atoms. The van der Waals surface area contributed by atoms with Gasteiger partial charge in [-0.25, -0.2) is 9.18 Å². The zero-order valence-electron chi connectivity index (χ0n) is 13.5. The van der Waals surface area contributed by atoms with Gasteiger partial charge >= 0.3 is 12.3 Å². The molecular weight excluding hydrogens is 340 g/mol. The third-order valence-corrected chi connectivity index (χ3v) is 3.60. The van der Waals surface area contributed by atoms with Crippen LogP contribution in [0.25, 0.3) is 0 Å². The number of anilines is 1. The molecule has 0 fully saturated rings. The highest BCUT2D eigenvalue weighted by Gasteiger charge is 2.34. The first-order valence-electron chi connectivity index (χ1n) is 7.26. The number of halogens is 4. The molecule has 2 aromatic rings. The molecule has 0 heterocycles. The maximum atomic E-state index is 13.7. The Hall–Kier alpha value is -2.77. The minimum Gasteiger partial charge on any atom is -0.410 e. The van der Waals surface area contributed by atoms with Crippen LogP contribution in [0.2, 0.25) is 0 Å². The highest BCUT2D eigenvalue weighted by atomic mass is 19.4. The Bertz CT molecular complexity index is 804. The van der Waals surface area contributed by atoms with Crippen molar-refractivity contribution in [2.75, 3.05) is 5.73 Å². The summed E-state index contributed by atoms with van der Waals surface area (Å²) in [4.78, 5) is 11.8. The van der Waals surface area contributed by atoms with E-state index < -0.39 is 35.8 Å². The number of amides is 1. The van der Waals surface area contributed by atoms with E-state index in [9.17, 15) is 22.4 Å². The number of nitrogens with two attached hydrogens (primary N) is 1. The Balaban J connectivity index is 2.13. The first kappa shape index (κ1) is 18.6. The van der Waals surface area contributed by atoms with Gasteiger partial charge in [-0.05, 0) is 49.2 Å². The van der Waals surface area contributed by atoms with E-state index >= 15 is 0 Å². The number of carbonyl (C=O) groups excluding carboxylic acids is 1. The molecule has 3 N–H and O–H groups in total. The molecule has 2 aromatic carbocycles. The Labute approximate surface area is 141 Å².